The van der Waals surface area contributed by atoms with Gasteiger partial charge in [-0.25, -0.2) is 13.6 Å². The van der Waals surface area contributed by atoms with Gasteiger partial charge in [0.2, 0.25) is 10.0 Å². The van der Waals surface area contributed by atoms with Crippen molar-refractivity contribution in [1.82, 2.24) is 0 Å². The fourth-order valence-electron chi connectivity index (χ4n) is 1.17. The predicted octanol–water partition coefficient (Wildman–Crippen LogP) is 0.627. The van der Waals surface area contributed by atoms with Crippen LogP contribution in [0.5, 0.6) is 0 Å². The Morgan fingerprint density at radius 2 is 1.90 bits per heavy atom. The molecule has 1 rings (SSSR count). The molecule has 0 fully saturated rings. The van der Waals surface area contributed by atoms with Crippen molar-refractivity contribution in [3.05, 3.63) is 35.9 Å². The van der Waals surface area contributed by atoms with Crippen molar-refractivity contribution < 1.29 is 18.3 Å². The topological polar surface area (TPSA) is 123 Å². The Kier molecular flexibility index (Phi) is 9.23. The molecule has 8 heteroatoms. The van der Waals surface area contributed by atoms with Crippen molar-refractivity contribution in [3.63, 3.8) is 0 Å². The zero-order valence-corrected chi connectivity index (χ0v) is 12.9. The van der Waals surface area contributed by atoms with Gasteiger partial charge in [0.15, 0.2) is 0 Å². The smallest absolute Gasteiger partial charge is 0.320 e. The molecular weight excluding hydrogens is 300 g/mol. The van der Waals surface area contributed by atoms with E-state index < -0.39 is 22.0 Å². The fraction of sp³-hybridized carbons (Fsp3) is 0.417. The highest BCUT2D eigenvalue weighted by molar-refractivity contribution is 7.98. The van der Waals surface area contributed by atoms with E-state index >= 15 is 0 Å². The molecule has 0 saturated carbocycles. The van der Waals surface area contributed by atoms with Crippen molar-refractivity contribution in [2.24, 2.45) is 10.9 Å². The number of aliphatic carboxylic acids is 1. The van der Waals surface area contributed by atoms with E-state index in [1.54, 1.807) is 36.0 Å². The van der Waals surface area contributed by atoms with Crippen LogP contribution < -0.4 is 10.9 Å². The molecule has 1 aromatic carbocycles. The van der Waals surface area contributed by atoms with Crippen molar-refractivity contribution in [2.75, 3.05) is 12.0 Å². The third-order valence-electron chi connectivity index (χ3n) is 2.16. The zero-order chi connectivity index (χ0) is 15.6. The number of carboxylic acids is 1. The van der Waals surface area contributed by atoms with Crippen LogP contribution in [0.15, 0.2) is 30.3 Å². The standard InChI is InChI=1S/C7H9NO2S.C5H11NO2S/c8-11(9,10)6-7-4-2-1-3-5-7;1-9-3-2-4(6)5(7)8/h1-5H,6H2,(H2,8,9,10);4H,2-3,6H2,1H3,(H,7,8). The molecule has 1 atom stereocenters. The summed E-state index contributed by atoms with van der Waals surface area (Å²) in [5, 5.41) is 13.1. The van der Waals surface area contributed by atoms with Gasteiger partial charge >= 0.3 is 5.97 Å². The van der Waals surface area contributed by atoms with E-state index in [1.807, 2.05) is 12.3 Å². The van der Waals surface area contributed by atoms with E-state index in [9.17, 15) is 13.2 Å². The lowest BCUT2D eigenvalue weighted by atomic mass is 10.2. The van der Waals surface area contributed by atoms with Gasteiger partial charge in [-0.2, -0.15) is 11.8 Å². The van der Waals surface area contributed by atoms with Gasteiger partial charge in [-0.15, -0.1) is 0 Å². The first-order valence-electron chi connectivity index (χ1n) is 5.78. The minimum absolute atomic E-state index is 0.0894. The van der Waals surface area contributed by atoms with Gasteiger partial charge in [-0.3, -0.25) is 4.79 Å². The van der Waals surface area contributed by atoms with E-state index in [0.717, 1.165) is 11.3 Å². The third kappa shape index (κ3) is 10.8. The minimum Gasteiger partial charge on any atom is -0.480 e. The molecule has 0 radical (unpaired) electrons. The van der Waals surface area contributed by atoms with Crippen LogP contribution >= 0.6 is 11.8 Å². The van der Waals surface area contributed by atoms with Crippen LogP contribution in [-0.2, 0) is 20.6 Å². The predicted molar refractivity (Wildman–Crippen MR) is 81.9 cm³/mol. The number of carbonyl (C=O) groups is 1. The molecule has 0 heterocycles. The Balaban J connectivity index is 0.000000370. The number of sulfonamides is 1. The summed E-state index contributed by atoms with van der Waals surface area (Å²) in [7, 11) is -3.38. The number of benzene rings is 1. The number of thioether (sulfide) groups is 1. The zero-order valence-electron chi connectivity index (χ0n) is 11.2. The second-order valence-corrected chi connectivity index (χ2v) is 6.62. The van der Waals surface area contributed by atoms with Gasteiger partial charge in [-0.05, 0) is 24.0 Å². The molecule has 0 saturated heterocycles. The Morgan fingerprint density at radius 3 is 2.30 bits per heavy atom. The van der Waals surface area contributed by atoms with E-state index in [4.69, 9.17) is 16.0 Å². The fourth-order valence-corrected chi connectivity index (χ4v) is 2.32. The van der Waals surface area contributed by atoms with E-state index in [-0.39, 0.29) is 5.75 Å². The highest BCUT2D eigenvalue weighted by Gasteiger charge is 2.09. The quantitative estimate of drug-likeness (QED) is 0.706. The Hall–Kier alpha value is -1.09. The van der Waals surface area contributed by atoms with E-state index in [2.05, 4.69) is 0 Å². The Bertz CT molecular complexity index is 491. The van der Waals surface area contributed by atoms with Crippen LogP contribution in [0.3, 0.4) is 0 Å². The molecule has 0 aliphatic heterocycles. The second kappa shape index (κ2) is 9.76. The molecule has 0 aromatic heterocycles. The highest BCUT2D eigenvalue weighted by Crippen LogP contribution is 2.01. The molecule has 1 aromatic rings. The lowest BCUT2D eigenvalue weighted by Crippen LogP contribution is -2.30. The average molecular weight is 320 g/mol. The molecule has 0 amide bonds. The van der Waals surface area contributed by atoms with Crippen LogP contribution in [0.2, 0.25) is 0 Å². The molecule has 0 spiro atoms. The maximum atomic E-state index is 10.6. The molecule has 20 heavy (non-hydrogen) atoms. The molecule has 114 valence electrons. The number of nitrogens with two attached hydrogens (primary N) is 2. The van der Waals surface area contributed by atoms with Gasteiger partial charge in [-0.1, -0.05) is 30.3 Å². The van der Waals surface area contributed by atoms with Crippen LogP contribution in [0.4, 0.5) is 0 Å². The number of rotatable bonds is 6. The summed E-state index contributed by atoms with van der Waals surface area (Å²) in [6.45, 7) is 0. The van der Waals surface area contributed by atoms with E-state index in [1.165, 1.54) is 0 Å². The van der Waals surface area contributed by atoms with Crippen molar-refractivity contribution in [3.8, 4) is 0 Å². The first-order valence-corrected chi connectivity index (χ1v) is 8.89. The summed E-state index contributed by atoms with van der Waals surface area (Å²) in [6.07, 6.45) is 2.48. The SMILES string of the molecule is CSCCC(N)C(=O)O.NS(=O)(=O)Cc1ccccc1. The Morgan fingerprint density at radius 1 is 1.35 bits per heavy atom. The molecule has 0 aliphatic rings. The third-order valence-corrected chi connectivity index (χ3v) is 3.54. The molecule has 6 nitrogen and oxygen atoms in total. The first-order chi connectivity index (χ1) is 9.26. The molecule has 0 aliphatic carbocycles. The van der Waals surface area contributed by atoms with Gasteiger partial charge in [0, 0.05) is 0 Å². The van der Waals surface area contributed by atoms with Crippen molar-refractivity contribution in [2.45, 2.75) is 18.2 Å². The lowest BCUT2D eigenvalue weighted by Gasteiger charge is -2.02. The maximum Gasteiger partial charge on any atom is 0.320 e. The van der Waals surface area contributed by atoms with E-state index in [0.29, 0.717) is 6.42 Å². The lowest BCUT2D eigenvalue weighted by molar-refractivity contribution is -0.138. The average Bonchev–Trinajstić information content (AvgIpc) is 2.35. The van der Waals surface area contributed by atoms with Gasteiger partial charge < -0.3 is 10.8 Å². The summed E-state index contributed by atoms with van der Waals surface area (Å²) >= 11 is 1.60. The van der Waals surface area contributed by atoms with Crippen molar-refractivity contribution in [1.29, 1.82) is 0 Å². The monoisotopic (exact) mass is 320 g/mol. The number of hydrogen-bond acceptors (Lipinski definition) is 5. The van der Waals surface area contributed by atoms with Crippen molar-refractivity contribution >= 4 is 27.8 Å². The van der Waals surface area contributed by atoms with Crippen LogP contribution in [0.25, 0.3) is 0 Å². The van der Waals surface area contributed by atoms with Gasteiger partial charge in [0.1, 0.15) is 6.04 Å². The summed E-state index contributed by atoms with van der Waals surface area (Å²) in [4.78, 5) is 10.1. The Labute approximate surface area is 123 Å². The minimum atomic E-state index is -3.38. The summed E-state index contributed by atoms with van der Waals surface area (Å²) in [6, 6.07) is 8.15. The molecular formula is C12H20N2O4S2. The van der Waals surface area contributed by atoms with Crippen LogP contribution in [0, 0.1) is 0 Å². The molecule has 5 N–H and O–H groups in total. The highest BCUT2D eigenvalue weighted by atomic mass is 32.2. The van der Waals surface area contributed by atoms with Crippen LogP contribution in [-0.4, -0.2) is 37.5 Å². The largest absolute Gasteiger partial charge is 0.480 e. The first kappa shape index (κ1) is 18.9. The normalized spacial score (nSPS) is 12.2. The summed E-state index contributed by atoms with van der Waals surface area (Å²) < 4.78 is 21.2. The summed E-state index contributed by atoms with van der Waals surface area (Å²) in [5.41, 5.74) is 5.91. The number of carboxylic acid groups (broad SMARTS) is 1. The number of hydrogen-bond donors (Lipinski definition) is 3. The molecule has 0 bridgehead atoms. The van der Waals surface area contributed by atoms with Crippen LogP contribution in [0.1, 0.15) is 12.0 Å². The maximum absolute atomic E-state index is 10.6. The second-order valence-electron chi connectivity index (χ2n) is 4.02. The summed E-state index contributed by atoms with van der Waals surface area (Å²) in [5.74, 6) is -0.189. The molecule has 1 unspecified atom stereocenters. The number of primary sulfonamides is 1. The van der Waals surface area contributed by atoms with Gasteiger partial charge in [0.05, 0.1) is 5.75 Å². The van der Waals surface area contributed by atoms with Gasteiger partial charge in [0.25, 0.3) is 0 Å².